The minimum absolute atomic E-state index is 0.0716. The second-order valence-corrected chi connectivity index (χ2v) is 7.58. The highest BCUT2D eigenvalue weighted by molar-refractivity contribution is 9.10. The molecule has 0 spiro atoms. The normalized spacial score (nSPS) is 23.2. The molecule has 1 saturated carbocycles. The number of nitrogens with one attached hydrogen (secondary N) is 1. The SMILES string of the molecule is CC(C)(C)NCC1CCC1Cc1cc(Br)ccc1F. The molecule has 1 fully saturated rings. The van der Waals surface area contributed by atoms with Crippen molar-refractivity contribution in [3.8, 4) is 0 Å². The summed E-state index contributed by atoms with van der Waals surface area (Å²) >= 11 is 3.42. The molecule has 2 atom stereocenters. The van der Waals surface area contributed by atoms with Crippen molar-refractivity contribution >= 4 is 15.9 Å². The lowest BCUT2D eigenvalue weighted by atomic mass is 9.70. The van der Waals surface area contributed by atoms with E-state index in [4.69, 9.17) is 0 Å². The van der Waals surface area contributed by atoms with Crippen LogP contribution in [0.25, 0.3) is 0 Å². The lowest BCUT2D eigenvalue weighted by Crippen LogP contribution is -2.44. The van der Waals surface area contributed by atoms with E-state index in [1.807, 2.05) is 6.07 Å². The van der Waals surface area contributed by atoms with Crippen molar-refractivity contribution in [3.63, 3.8) is 0 Å². The van der Waals surface area contributed by atoms with Crippen LogP contribution in [0.4, 0.5) is 4.39 Å². The second kappa shape index (κ2) is 5.92. The van der Waals surface area contributed by atoms with Crippen LogP contribution in [0.1, 0.15) is 39.2 Å². The van der Waals surface area contributed by atoms with Gasteiger partial charge < -0.3 is 5.32 Å². The summed E-state index contributed by atoms with van der Waals surface area (Å²) in [6.07, 6.45) is 3.35. The summed E-state index contributed by atoms with van der Waals surface area (Å²) in [5.74, 6) is 1.24. The first-order valence-electron chi connectivity index (χ1n) is 7.04. The molecule has 1 N–H and O–H groups in total. The molecule has 2 rings (SSSR count). The van der Waals surface area contributed by atoms with Crippen LogP contribution in [-0.2, 0) is 6.42 Å². The summed E-state index contributed by atoms with van der Waals surface area (Å²) in [5, 5.41) is 3.56. The van der Waals surface area contributed by atoms with Crippen LogP contribution in [0.3, 0.4) is 0 Å². The number of hydrogen-bond donors (Lipinski definition) is 1. The standard InChI is InChI=1S/C16H23BrFN/c1-16(2,3)19-10-12-5-4-11(12)8-13-9-14(17)6-7-15(13)18/h6-7,9,11-12,19H,4-5,8,10H2,1-3H3. The van der Waals surface area contributed by atoms with Crippen LogP contribution >= 0.6 is 15.9 Å². The molecule has 2 unspecified atom stereocenters. The Balaban J connectivity index is 1.91. The first-order valence-corrected chi connectivity index (χ1v) is 7.83. The Morgan fingerprint density at radius 1 is 1.26 bits per heavy atom. The number of halogens is 2. The minimum Gasteiger partial charge on any atom is -0.312 e. The van der Waals surface area contributed by atoms with Crippen molar-refractivity contribution in [1.29, 1.82) is 0 Å². The van der Waals surface area contributed by atoms with Crippen molar-refractivity contribution < 1.29 is 4.39 Å². The van der Waals surface area contributed by atoms with E-state index >= 15 is 0 Å². The molecular formula is C16H23BrFN. The molecule has 0 saturated heterocycles. The molecular weight excluding hydrogens is 305 g/mol. The van der Waals surface area contributed by atoms with Crippen molar-refractivity contribution in [3.05, 3.63) is 34.1 Å². The maximum Gasteiger partial charge on any atom is 0.126 e. The van der Waals surface area contributed by atoms with Gasteiger partial charge in [0, 0.05) is 10.0 Å². The second-order valence-electron chi connectivity index (χ2n) is 6.67. The molecule has 0 aliphatic heterocycles. The van der Waals surface area contributed by atoms with Gasteiger partial charge in [-0.15, -0.1) is 0 Å². The van der Waals surface area contributed by atoms with E-state index in [-0.39, 0.29) is 11.4 Å². The number of rotatable bonds is 4. The molecule has 0 aromatic heterocycles. The number of hydrogen-bond acceptors (Lipinski definition) is 1. The Morgan fingerprint density at radius 3 is 2.53 bits per heavy atom. The van der Waals surface area contributed by atoms with Crippen molar-refractivity contribution in [2.24, 2.45) is 11.8 Å². The third kappa shape index (κ3) is 4.28. The van der Waals surface area contributed by atoms with Crippen molar-refractivity contribution in [2.75, 3.05) is 6.54 Å². The molecule has 0 radical (unpaired) electrons. The lowest BCUT2D eigenvalue weighted by Gasteiger charge is -2.39. The molecule has 1 aromatic carbocycles. The van der Waals surface area contributed by atoms with Gasteiger partial charge >= 0.3 is 0 Å². The summed E-state index contributed by atoms with van der Waals surface area (Å²) in [6, 6.07) is 5.24. The molecule has 0 heterocycles. The van der Waals surface area contributed by atoms with Gasteiger partial charge in [-0.25, -0.2) is 4.39 Å². The molecule has 0 amide bonds. The Bertz CT molecular complexity index is 439. The van der Waals surface area contributed by atoms with Gasteiger partial charge in [-0.2, -0.15) is 0 Å². The third-order valence-electron chi connectivity index (χ3n) is 3.96. The maximum atomic E-state index is 13.8. The summed E-state index contributed by atoms with van der Waals surface area (Å²) in [7, 11) is 0. The Labute approximate surface area is 124 Å². The van der Waals surface area contributed by atoms with E-state index in [1.165, 1.54) is 12.8 Å². The predicted octanol–water partition coefficient (Wildman–Crippen LogP) is 4.55. The molecule has 1 aliphatic rings. The molecule has 3 heteroatoms. The zero-order valence-corrected chi connectivity index (χ0v) is 13.6. The highest BCUT2D eigenvalue weighted by Crippen LogP contribution is 2.37. The zero-order chi connectivity index (χ0) is 14.0. The Hall–Kier alpha value is -0.410. The fraction of sp³-hybridized carbons (Fsp3) is 0.625. The monoisotopic (exact) mass is 327 g/mol. The molecule has 106 valence electrons. The largest absolute Gasteiger partial charge is 0.312 e. The van der Waals surface area contributed by atoms with Gasteiger partial charge in [-0.05, 0) is 82.2 Å². The summed E-state index contributed by atoms with van der Waals surface area (Å²) < 4.78 is 14.7. The average molecular weight is 328 g/mol. The fourth-order valence-corrected chi connectivity index (χ4v) is 3.00. The minimum atomic E-state index is -0.0716. The molecule has 1 aromatic rings. The van der Waals surface area contributed by atoms with E-state index in [0.717, 1.165) is 23.0 Å². The number of benzene rings is 1. The molecule has 0 bridgehead atoms. The van der Waals surface area contributed by atoms with Crippen molar-refractivity contribution in [1.82, 2.24) is 5.32 Å². The van der Waals surface area contributed by atoms with Crippen LogP contribution in [-0.4, -0.2) is 12.1 Å². The average Bonchev–Trinajstić information content (AvgIpc) is 2.27. The van der Waals surface area contributed by atoms with Gasteiger partial charge in [0.15, 0.2) is 0 Å². The first-order chi connectivity index (χ1) is 8.85. The Morgan fingerprint density at radius 2 is 1.95 bits per heavy atom. The van der Waals surface area contributed by atoms with Gasteiger partial charge in [0.25, 0.3) is 0 Å². The lowest BCUT2D eigenvalue weighted by molar-refractivity contribution is 0.158. The molecule has 1 nitrogen and oxygen atoms in total. The predicted molar refractivity (Wildman–Crippen MR) is 81.8 cm³/mol. The van der Waals surface area contributed by atoms with Crippen molar-refractivity contribution in [2.45, 2.75) is 45.6 Å². The van der Waals surface area contributed by atoms with Crippen LogP contribution in [0, 0.1) is 17.7 Å². The summed E-state index contributed by atoms with van der Waals surface area (Å²) in [4.78, 5) is 0. The van der Waals surface area contributed by atoms with E-state index in [0.29, 0.717) is 11.8 Å². The molecule has 1 aliphatic carbocycles. The zero-order valence-electron chi connectivity index (χ0n) is 12.0. The van der Waals surface area contributed by atoms with Gasteiger partial charge in [0.1, 0.15) is 5.82 Å². The smallest absolute Gasteiger partial charge is 0.126 e. The maximum absolute atomic E-state index is 13.8. The highest BCUT2D eigenvalue weighted by Gasteiger charge is 2.31. The van der Waals surface area contributed by atoms with Crippen LogP contribution < -0.4 is 5.32 Å². The topological polar surface area (TPSA) is 12.0 Å². The van der Waals surface area contributed by atoms with E-state index < -0.39 is 0 Å². The molecule has 19 heavy (non-hydrogen) atoms. The van der Waals surface area contributed by atoms with Gasteiger partial charge in [0.2, 0.25) is 0 Å². The van der Waals surface area contributed by atoms with Crippen LogP contribution in [0.15, 0.2) is 22.7 Å². The van der Waals surface area contributed by atoms with Gasteiger partial charge in [-0.3, -0.25) is 0 Å². The van der Waals surface area contributed by atoms with E-state index in [9.17, 15) is 4.39 Å². The highest BCUT2D eigenvalue weighted by atomic mass is 79.9. The Kier molecular flexibility index (Phi) is 4.67. The van der Waals surface area contributed by atoms with Crippen LogP contribution in [0.2, 0.25) is 0 Å². The quantitative estimate of drug-likeness (QED) is 0.855. The van der Waals surface area contributed by atoms with Gasteiger partial charge in [-0.1, -0.05) is 15.9 Å². The summed E-state index contributed by atoms with van der Waals surface area (Å²) in [6.45, 7) is 7.61. The third-order valence-corrected chi connectivity index (χ3v) is 4.45. The van der Waals surface area contributed by atoms with Gasteiger partial charge in [0.05, 0.1) is 0 Å². The van der Waals surface area contributed by atoms with E-state index in [1.54, 1.807) is 12.1 Å². The van der Waals surface area contributed by atoms with Crippen LogP contribution in [0.5, 0.6) is 0 Å². The summed E-state index contributed by atoms with van der Waals surface area (Å²) in [5.41, 5.74) is 1.01. The van der Waals surface area contributed by atoms with E-state index in [2.05, 4.69) is 42.0 Å². The fourth-order valence-electron chi connectivity index (χ4n) is 2.60. The first kappa shape index (κ1) is 15.0.